The molecule has 1 atom stereocenters. The molecule has 0 aliphatic rings. The predicted molar refractivity (Wildman–Crippen MR) is 86.6 cm³/mol. The highest BCUT2D eigenvalue weighted by Crippen LogP contribution is 2.17. The van der Waals surface area contributed by atoms with E-state index in [1.807, 2.05) is 19.1 Å². The van der Waals surface area contributed by atoms with Crippen LogP contribution in [0.15, 0.2) is 18.2 Å². The summed E-state index contributed by atoms with van der Waals surface area (Å²) in [5, 5.41) is 5.95. The number of aryl methyl sites for hydroxylation is 1. The van der Waals surface area contributed by atoms with Crippen molar-refractivity contribution in [2.45, 2.75) is 33.2 Å². The third-order valence-electron chi connectivity index (χ3n) is 2.92. The molecule has 1 amide bonds. The van der Waals surface area contributed by atoms with Crippen molar-refractivity contribution >= 4 is 21.4 Å². The maximum atomic E-state index is 12.3. The first-order valence-corrected chi connectivity index (χ1v) is 9.12. The lowest BCUT2D eigenvalue weighted by molar-refractivity contribution is 0.0944. The highest BCUT2D eigenvalue weighted by Gasteiger charge is 2.16. The Morgan fingerprint density at radius 1 is 1.33 bits per heavy atom. The molecule has 5 nitrogen and oxygen atoms in total. The van der Waals surface area contributed by atoms with Crippen LogP contribution in [0.4, 0.5) is 5.69 Å². The van der Waals surface area contributed by atoms with Crippen molar-refractivity contribution in [2.75, 3.05) is 23.9 Å². The Balaban J connectivity index is 2.87. The molecule has 0 bridgehead atoms. The van der Waals surface area contributed by atoms with Gasteiger partial charge in [-0.1, -0.05) is 18.6 Å². The average molecular weight is 312 g/mol. The van der Waals surface area contributed by atoms with Crippen molar-refractivity contribution in [3.05, 3.63) is 29.3 Å². The van der Waals surface area contributed by atoms with E-state index in [-0.39, 0.29) is 11.7 Å². The summed E-state index contributed by atoms with van der Waals surface area (Å²) in [6, 6.07) is 5.20. The molecule has 118 valence electrons. The lowest BCUT2D eigenvalue weighted by atomic mass is 10.1. The SMILES string of the molecule is CCCNc1ccc(C)cc1C(=O)NC(C)CS(C)(=O)=O. The van der Waals surface area contributed by atoms with Crippen molar-refractivity contribution in [3.8, 4) is 0 Å². The Kier molecular flexibility index (Phi) is 6.20. The number of benzene rings is 1. The van der Waals surface area contributed by atoms with Crippen LogP contribution in [0, 0.1) is 6.92 Å². The number of sulfone groups is 1. The number of rotatable bonds is 7. The summed E-state index contributed by atoms with van der Waals surface area (Å²) in [7, 11) is -3.11. The quantitative estimate of drug-likeness (QED) is 0.807. The van der Waals surface area contributed by atoms with E-state index in [0.29, 0.717) is 5.56 Å². The number of hydrogen-bond acceptors (Lipinski definition) is 4. The van der Waals surface area contributed by atoms with E-state index < -0.39 is 15.9 Å². The van der Waals surface area contributed by atoms with Gasteiger partial charge in [-0.25, -0.2) is 8.42 Å². The molecule has 0 fully saturated rings. The van der Waals surface area contributed by atoms with Crippen LogP contribution in [-0.2, 0) is 9.84 Å². The third kappa shape index (κ3) is 6.16. The van der Waals surface area contributed by atoms with E-state index in [9.17, 15) is 13.2 Å². The molecule has 1 aromatic carbocycles. The second-order valence-electron chi connectivity index (χ2n) is 5.44. The molecule has 0 heterocycles. The number of amides is 1. The number of carbonyl (C=O) groups is 1. The van der Waals surface area contributed by atoms with Gasteiger partial charge in [0.2, 0.25) is 0 Å². The van der Waals surface area contributed by atoms with Crippen molar-refractivity contribution in [1.82, 2.24) is 5.32 Å². The van der Waals surface area contributed by atoms with Crippen molar-refractivity contribution in [1.29, 1.82) is 0 Å². The Hall–Kier alpha value is -1.56. The molecule has 1 aromatic rings. The van der Waals surface area contributed by atoms with Crippen LogP contribution in [0.1, 0.15) is 36.2 Å². The van der Waals surface area contributed by atoms with E-state index in [0.717, 1.165) is 30.5 Å². The van der Waals surface area contributed by atoms with Gasteiger partial charge in [0, 0.05) is 24.5 Å². The van der Waals surface area contributed by atoms with E-state index in [1.165, 1.54) is 0 Å². The molecular formula is C15H24N2O3S. The summed E-state index contributed by atoms with van der Waals surface area (Å²) in [4.78, 5) is 12.3. The second kappa shape index (κ2) is 7.45. The van der Waals surface area contributed by atoms with Crippen LogP contribution in [-0.4, -0.2) is 38.9 Å². The first kappa shape index (κ1) is 17.5. The van der Waals surface area contributed by atoms with Crippen LogP contribution in [0.25, 0.3) is 0 Å². The molecule has 1 unspecified atom stereocenters. The minimum absolute atomic E-state index is 0.0672. The molecule has 0 saturated heterocycles. The smallest absolute Gasteiger partial charge is 0.253 e. The van der Waals surface area contributed by atoms with Gasteiger partial charge in [0.1, 0.15) is 9.84 Å². The van der Waals surface area contributed by atoms with Gasteiger partial charge in [-0.05, 0) is 32.4 Å². The van der Waals surface area contributed by atoms with Gasteiger partial charge in [-0.2, -0.15) is 0 Å². The van der Waals surface area contributed by atoms with Gasteiger partial charge in [0.05, 0.1) is 11.3 Å². The van der Waals surface area contributed by atoms with Crippen LogP contribution >= 0.6 is 0 Å². The van der Waals surface area contributed by atoms with Gasteiger partial charge < -0.3 is 10.6 Å². The van der Waals surface area contributed by atoms with Gasteiger partial charge >= 0.3 is 0 Å². The van der Waals surface area contributed by atoms with Gasteiger partial charge in [0.25, 0.3) is 5.91 Å². The minimum Gasteiger partial charge on any atom is -0.384 e. The predicted octanol–water partition coefficient (Wildman–Crippen LogP) is 1.98. The zero-order valence-corrected chi connectivity index (χ0v) is 13.9. The average Bonchev–Trinajstić information content (AvgIpc) is 2.34. The number of carbonyl (C=O) groups excluding carboxylic acids is 1. The van der Waals surface area contributed by atoms with Gasteiger partial charge in [-0.3, -0.25) is 4.79 Å². The maximum Gasteiger partial charge on any atom is 0.253 e. The van der Waals surface area contributed by atoms with Crippen molar-refractivity contribution in [3.63, 3.8) is 0 Å². The highest BCUT2D eigenvalue weighted by molar-refractivity contribution is 7.90. The summed E-state index contributed by atoms with van der Waals surface area (Å²) in [5.41, 5.74) is 2.30. The van der Waals surface area contributed by atoms with Crippen LogP contribution in [0.5, 0.6) is 0 Å². The molecule has 0 aliphatic carbocycles. The maximum absolute atomic E-state index is 12.3. The summed E-state index contributed by atoms with van der Waals surface area (Å²) >= 11 is 0. The molecule has 21 heavy (non-hydrogen) atoms. The molecule has 2 N–H and O–H groups in total. The first-order chi connectivity index (χ1) is 9.73. The normalized spacial score (nSPS) is 12.8. The molecule has 1 rings (SSSR count). The highest BCUT2D eigenvalue weighted by atomic mass is 32.2. The fourth-order valence-corrected chi connectivity index (χ4v) is 3.05. The second-order valence-corrected chi connectivity index (χ2v) is 7.63. The van der Waals surface area contributed by atoms with E-state index >= 15 is 0 Å². The molecule has 0 spiro atoms. The molecule has 0 aliphatic heterocycles. The summed E-state index contributed by atoms with van der Waals surface area (Å²) in [6.07, 6.45) is 2.12. The van der Waals surface area contributed by atoms with Crippen LogP contribution in [0.3, 0.4) is 0 Å². The standard InChI is InChI=1S/C15H24N2O3S/c1-5-8-16-14-7-6-11(2)9-13(14)15(18)17-12(3)10-21(4,19)20/h6-7,9,12,16H,5,8,10H2,1-4H3,(H,17,18). The fraction of sp³-hybridized carbons (Fsp3) is 0.533. The largest absolute Gasteiger partial charge is 0.384 e. The van der Waals surface area contributed by atoms with Crippen LogP contribution < -0.4 is 10.6 Å². The molecule has 0 radical (unpaired) electrons. The molecule has 6 heteroatoms. The molecule has 0 aromatic heterocycles. The van der Waals surface area contributed by atoms with E-state index in [4.69, 9.17) is 0 Å². The number of hydrogen-bond donors (Lipinski definition) is 2. The first-order valence-electron chi connectivity index (χ1n) is 7.06. The van der Waals surface area contributed by atoms with E-state index in [1.54, 1.807) is 13.0 Å². The Morgan fingerprint density at radius 2 is 2.00 bits per heavy atom. The summed E-state index contributed by atoms with van der Waals surface area (Å²) < 4.78 is 22.5. The monoisotopic (exact) mass is 312 g/mol. The Morgan fingerprint density at radius 3 is 2.57 bits per heavy atom. The minimum atomic E-state index is -3.11. The van der Waals surface area contributed by atoms with Crippen molar-refractivity contribution < 1.29 is 13.2 Å². The topological polar surface area (TPSA) is 75.3 Å². The Bertz CT molecular complexity index is 597. The summed E-state index contributed by atoms with van der Waals surface area (Å²) in [6.45, 7) is 6.44. The lowest BCUT2D eigenvalue weighted by Crippen LogP contribution is -2.37. The van der Waals surface area contributed by atoms with E-state index in [2.05, 4.69) is 17.6 Å². The van der Waals surface area contributed by atoms with Crippen LogP contribution in [0.2, 0.25) is 0 Å². The number of anilines is 1. The fourth-order valence-electron chi connectivity index (χ4n) is 2.06. The Labute approximate surface area is 127 Å². The third-order valence-corrected chi connectivity index (χ3v) is 4.02. The molecular weight excluding hydrogens is 288 g/mol. The number of nitrogens with one attached hydrogen (secondary N) is 2. The van der Waals surface area contributed by atoms with Gasteiger partial charge in [0.15, 0.2) is 0 Å². The zero-order chi connectivity index (χ0) is 16.0. The summed E-state index contributed by atoms with van der Waals surface area (Å²) in [5.74, 6) is -0.323. The zero-order valence-electron chi connectivity index (χ0n) is 13.1. The lowest BCUT2D eigenvalue weighted by Gasteiger charge is -2.16. The molecule has 0 saturated carbocycles. The van der Waals surface area contributed by atoms with Crippen molar-refractivity contribution in [2.24, 2.45) is 0 Å². The van der Waals surface area contributed by atoms with Gasteiger partial charge in [-0.15, -0.1) is 0 Å².